The topological polar surface area (TPSA) is 114 Å². The van der Waals surface area contributed by atoms with E-state index in [1.54, 1.807) is 30.3 Å². The molecule has 2 saturated carbocycles. The van der Waals surface area contributed by atoms with Gasteiger partial charge in [-0.25, -0.2) is 4.79 Å². The first-order valence-corrected chi connectivity index (χ1v) is 12.8. The summed E-state index contributed by atoms with van der Waals surface area (Å²) in [5, 5.41) is 0. The summed E-state index contributed by atoms with van der Waals surface area (Å²) in [6, 6.07) is 8.48. The van der Waals surface area contributed by atoms with Crippen LogP contribution in [0.25, 0.3) is 0 Å². The highest BCUT2D eigenvalue weighted by Crippen LogP contribution is 2.67. The summed E-state index contributed by atoms with van der Waals surface area (Å²) >= 11 is 0. The highest BCUT2D eigenvalue weighted by molar-refractivity contribution is 5.89. The molecule has 1 spiro atoms. The normalized spacial score (nSPS) is 35.6. The number of ether oxygens (including phenoxy) is 5. The maximum Gasteiger partial charge on any atom is 0.338 e. The van der Waals surface area contributed by atoms with Gasteiger partial charge in [-0.1, -0.05) is 25.1 Å². The number of hydrogen-bond acceptors (Lipinski definition) is 9. The van der Waals surface area contributed by atoms with Gasteiger partial charge in [-0.15, -0.1) is 0 Å². The first-order chi connectivity index (χ1) is 17.3. The van der Waals surface area contributed by atoms with Crippen molar-refractivity contribution in [2.45, 2.75) is 90.3 Å². The Bertz CT molecular complexity index is 1070. The lowest BCUT2D eigenvalue weighted by atomic mass is 9.49. The molecule has 0 radical (unpaired) electrons. The summed E-state index contributed by atoms with van der Waals surface area (Å²) in [5.74, 6) is -2.62. The fraction of sp³-hybridized carbons (Fsp3) is 0.643. The summed E-state index contributed by atoms with van der Waals surface area (Å²) < 4.78 is 30.6. The van der Waals surface area contributed by atoms with Gasteiger partial charge in [0, 0.05) is 26.7 Å². The molecule has 1 heterocycles. The van der Waals surface area contributed by atoms with Gasteiger partial charge >= 0.3 is 23.9 Å². The second-order valence-electron chi connectivity index (χ2n) is 11.1. The Balaban J connectivity index is 1.95. The van der Waals surface area contributed by atoms with E-state index in [4.69, 9.17) is 23.7 Å². The fourth-order valence-corrected chi connectivity index (χ4v) is 6.96. The van der Waals surface area contributed by atoms with Crippen molar-refractivity contribution < 1.29 is 42.9 Å². The average Bonchev–Trinajstić information content (AvgIpc) is 3.08. The minimum atomic E-state index is -1.32. The van der Waals surface area contributed by atoms with E-state index in [0.29, 0.717) is 24.8 Å². The van der Waals surface area contributed by atoms with E-state index >= 15 is 0 Å². The molecular weight excluding hydrogens is 480 g/mol. The van der Waals surface area contributed by atoms with E-state index in [9.17, 15) is 19.2 Å². The molecule has 0 N–H and O–H groups in total. The minimum absolute atomic E-state index is 0.0599. The van der Waals surface area contributed by atoms with Crippen molar-refractivity contribution in [3.05, 3.63) is 35.9 Å². The summed E-state index contributed by atoms with van der Waals surface area (Å²) in [6.45, 7) is 9.55. The zero-order valence-corrected chi connectivity index (χ0v) is 22.3. The molecule has 1 aromatic rings. The maximum absolute atomic E-state index is 13.5. The summed E-state index contributed by atoms with van der Waals surface area (Å²) in [5.41, 5.74) is -2.77. The minimum Gasteiger partial charge on any atom is -0.465 e. The van der Waals surface area contributed by atoms with Gasteiger partial charge in [0.05, 0.1) is 16.8 Å². The molecular formula is C28H36O9. The number of benzene rings is 1. The Morgan fingerprint density at radius 3 is 2.16 bits per heavy atom. The van der Waals surface area contributed by atoms with Gasteiger partial charge in [0.15, 0.2) is 6.10 Å². The van der Waals surface area contributed by atoms with Gasteiger partial charge < -0.3 is 23.7 Å². The Labute approximate surface area is 217 Å². The zero-order chi connectivity index (χ0) is 27.2. The lowest BCUT2D eigenvalue weighted by Gasteiger charge is -2.61. The smallest absolute Gasteiger partial charge is 0.338 e. The van der Waals surface area contributed by atoms with Gasteiger partial charge in [-0.2, -0.15) is 0 Å². The maximum atomic E-state index is 13.5. The molecule has 0 aromatic heterocycles. The fourth-order valence-electron chi connectivity index (χ4n) is 6.96. The van der Waals surface area contributed by atoms with Gasteiger partial charge in [0.1, 0.15) is 24.2 Å². The van der Waals surface area contributed by atoms with Crippen LogP contribution in [0, 0.1) is 17.3 Å². The van der Waals surface area contributed by atoms with E-state index < -0.39 is 58.8 Å². The van der Waals surface area contributed by atoms with Crippen LogP contribution in [0.4, 0.5) is 0 Å². The monoisotopic (exact) mass is 516 g/mol. The molecule has 1 aromatic carbocycles. The highest BCUT2D eigenvalue weighted by Gasteiger charge is 2.79. The van der Waals surface area contributed by atoms with Crippen LogP contribution < -0.4 is 0 Å². The third-order valence-corrected chi connectivity index (χ3v) is 8.45. The molecule has 1 saturated heterocycles. The molecule has 37 heavy (non-hydrogen) atoms. The standard InChI is InChI=1S/C28H36O9/c1-16-12-13-22(34-18(3)30)27(15-33-17(2)29)24(36-25(32)20-10-8-7-9-11-20)23(35-19(4)31)21-14-28(16,27)37-26(21,5)6/h7-11,16,21-24H,12-15H2,1-6H3/t16-,21+,22-,23+,24+,27-,28+/m1/s1. The number of carbonyl (C=O) groups excluding carboxylic acids is 4. The van der Waals surface area contributed by atoms with E-state index in [1.165, 1.54) is 20.8 Å². The first kappa shape index (κ1) is 27.1. The quantitative estimate of drug-likeness (QED) is 0.413. The van der Waals surface area contributed by atoms with Crippen LogP contribution in [-0.4, -0.2) is 60.0 Å². The average molecular weight is 517 g/mol. The van der Waals surface area contributed by atoms with Crippen LogP contribution in [0.1, 0.15) is 71.2 Å². The van der Waals surface area contributed by atoms with Crippen LogP contribution in [0.5, 0.6) is 0 Å². The SMILES string of the molecule is CC(=O)OC[C@]12[C@H](OC(C)=O)CC[C@@H](C)[C@@]13C[C@@H]([C@H](OC(C)=O)[C@@H]2OC(=O)c1ccccc1)C(C)(C)O3. The van der Waals surface area contributed by atoms with Crippen molar-refractivity contribution >= 4 is 23.9 Å². The molecule has 9 nitrogen and oxygen atoms in total. The van der Waals surface area contributed by atoms with E-state index in [-0.39, 0.29) is 18.4 Å². The third-order valence-electron chi connectivity index (χ3n) is 8.45. The summed E-state index contributed by atoms with van der Waals surface area (Å²) in [6.07, 6.45) is -1.28. The predicted molar refractivity (Wildman–Crippen MR) is 130 cm³/mol. The van der Waals surface area contributed by atoms with Crippen molar-refractivity contribution in [2.24, 2.45) is 17.3 Å². The van der Waals surface area contributed by atoms with Crippen LogP contribution in [-0.2, 0) is 38.1 Å². The Hall–Kier alpha value is -2.94. The van der Waals surface area contributed by atoms with Crippen molar-refractivity contribution in [3.8, 4) is 0 Å². The second-order valence-corrected chi connectivity index (χ2v) is 11.1. The zero-order valence-electron chi connectivity index (χ0n) is 22.3. The first-order valence-electron chi connectivity index (χ1n) is 12.8. The molecule has 202 valence electrons. The molecule has 0 amide bonds. The molecule has 9 heteroatoms. The van der Waals surface area contributed by atoms with Crippen LogP contribution in [0.3, 0.4) is 0 Å². The molecule has 3 aliphatic rings. The molecule has 7 atom stereocenters. The van der Waals surface area contributed by atoms with E-state index in [2.05, 4.69) is 0 Å². The van der Waals surface area contributed by atoms with Crippen LogP contribution in [0.2, 0.25) is 0 Å². The summed E-state index contributed by atoms with van der Waals surface area (Å²) in [4.78, 5) is 50.3. The van der Waals surface area contributed by atoms with Crippen molar-refractivity contribution in [3.63, 3.8) is 0 Å². The molecule has 1 aliphatic heterocycles. The number of hydrogen-bond donors (Lipinski definition) is 0. The molecule has 3 fully saturated rings. The summed E-state index contributed by atoms with van der Waals surface area (Å²) in [7, 11) is 0. The number of esters is 4. The highest BCUT2D eigenvalue weighted by atomic mass is 16.6. The van der Waals surface area contributed by atoms with Crippen LogP contribution in [0.15, 0.2) is 30.3 Å². The number of fused-ring (bicyclic) bond motifs is 1. The van der Waals surface area contributed by atoms with Gasteiger partial charge in [0.25, 0.3) is 0 Å². The lowest BCUT2D eigenvalue weighted by molar-refractivity contribution is -0.288. The van der Waals surface area contributed by atoms with Crippen molar-refractivity contribution in [1.29, 1.82) is 0 Å². The molecule has 4 rings (SSSR count). The Morgan fingerprint density at radius 2 is 1.57 bits per heavy atom. The van der Waals surface area contributed by atoms with Crippen molar-refractivity contribution in [2.75, 3.05) is 6.61 Å². The number of carbonyl (C=O) groups is 4. The lowest BCUT2D eigenvalue weighted by Crippen LogP contribution is -2.74. The largest absolute Gasteiger partial charge is 0.465 e. The Kier molecular flexibility index (Phi) is 7.14. The molecule has 2 aliphatic carbocycles. The van der Waals surface area contributed by atoms with Gasteiger partial charge in [-0.3, -0.25) is 14.4 Å². The van der Waals surface area contributed by atoms with Gasteiger partial charge in [0.2, 0.25) is 0 Å². The molecule has 0 unspecified atom stereocenters. The predicted octanol–water partition coefficient (Wildman–Crippen LogP) is 3.62. The van der Waals surface area contributed by atoms with Crippen LogP contribution >= 0.6 is 0 Å². The number of rotatable bonds is 6. The van der Waals surface area contributed by atoms with Crippen molar-refractivity contribution in [1.82, 2.24) is 0 Å². The van der Waals surface area contributed by atoms with Gasteiger partial charge in [-0.05, 0) is 51.2 Å². The Morgan fingerprint density at radius 1 is 0.919 bits per heavy atom. The molecule has 2 bridgehead atoms. The third kappa shape index (κ3) is 4.51. The van der Waals surface area contributed by atoms with E-state index in [1.807, 2.05) is 20.8 Å². The second kappa shape index (κ2) is 9.74. The van der Waals surface area contributed by atoms with E-state index in [0.717, 1.165) is 0 Å².